The van der Waals surface area contributed by atoms with Crippen LogP contribution in [-0.4, -0.2) is 35.4 Å². The molecule has 1 radical (unpaired) electrons. The van der Waals surface area contributed by atoms with Gasteiger partial charge < -0.3 is 10.2 Å². The highest BCUT2D eigenvalue weighted by Gasteiger charge is 2.23. The summed E-state index contributed by atoms with van der Waals surface area (Å²) in [6, 6.07) is 26.0. The number of thiophene rings is 1. The average Bonchev–Trinajstić information content (AvgIpc) is 3.38. The van der Waals surface area contributed by atoms with Gasteiger partial charge in [0.25, 0.3) is 0 Å². The van der Waals surface area contributed by atoms with Crippen molar-refractivity contribution in [2.75, 3.05) is 24.5 Å². The van der Waals surface area contributed by atoms with Gasteiger partial charge in [-0.05, 0) is 35.2 Å². The molecule has 0 bridgehead atoms. The van der Waals surface area contributed by atoms with E-state index in [1.54, 1.807) is 29.7 Å². The molecule has 2 aromatic carbocycles. The van der Waals surface area contributed by atoms with Crippen LogP contribution < -0.4 is 16.0 Å². The Morgan fingerprint density at radius 3 is 2.75 bits per heavy atom. The number of hydrogen-bond acceptors (Lipinski definition) is 6. The molecule has 0 aliphatic carbocycles. The molecule has 1 saturated heterocycles. The topological polar surface area (TPSA) is 81.9 Å². The molecule has 6 nitrogen and oxygen atoms in total. The standard InChI is InChI=1S/C29H24N5OS/c30-29-22(15-20(16-32-29)23-18-36-26-11-5-4-9-21(23)26)28(35)24-10-6-12-27(33-24)34-14-13-31-25(17-34)19-7-2-1-3-8-19/h1-12,15-16,18,25,30-31H,13-14,17H2. The fourth-order valence-corrected chi connectivity index (χ4v) is 5.69. The van der Waals surface area contributed by atoms with Gasteiger partial charge in [-0.25, -0.2) is 9.97 Å². The van der Waals surface area contributed by atoms with E-state index in [0.29, 0.717) is 5.69 Å². The van der Waals surface area contributed by atoms with Crippen LogP contribution in [0, 0.1) is 0 Å². The number of benzene rings is 2. The summed E-state index contributed by atoms with van der Waals surface area (Å²) in [5, 5.41) is 6.76. The Hall–Kier alpha value is -4.07. The van der Waals surface area contributed by atoms with Crippen LogP contribution in [0.25, 0.3) is 21.2 Å². The number of carbonyl (C=O) groups excluding carboxylic acids is 1. The van der Waals surface area contributed by atoms with Gasteiger partial charge in [0, 0.05) is 53.1 Å². The van der Waals surface area contributed by atoms with E-state index in [1.165, 1.54) is 10.3 Å². The van der Waals surface area contributed by atoms with Crippen LogP contribution in [0.2, 0.25) is 0 Å². The lowest BCUT2D eigenvalue weighted by atomic mass is 10.0. The fourth-order valence-electron chi connectivity index (χ4n) is 4.72. The number of pyridine rings is 2. The number of aromatic nitrogens is 2. The van der Waals surface area contributed by atoms with Crippen molar-refractivity contribution < 1.29 is 4.79 Å². The number of anilines is 1. The Labute approximate surface area is 213 Å². The molecule has 3 aromatic heterocycles. The van der Waals surface area contributed by atoms with E-state index in [0.717, 1.165) is 42.0 Å². The predicted octanol–water partition coefficient (Wildman–Crippen LogP) is 5.65. The van der Waals surface area contributed by atoms with Crippen LogP contribution in [-0.2, 0) is 0 Å². The van der Waals surface area contributed by atoms with Crippen LogP contribution in [0.15, 0.2) is 90.4 Å². The summed E-state index contributed by atoms with van der Waals surface area (Å²) in [5.41, 5.74) is 12.0. The highest BCUT2D eigenvalue weighted by molar-refractivity contribution is 7.17. The van der Waals surface area contributed by atoms with Crippen molar-refractivity contribution in [2.24, 2.45) is 0 Å². The zero-order valence-corrected chi connectivity index (χ0v) is 20.3. The number of carbonyl (C=O) groups is 1. The first-order valence-corrected chi connectivity index (χ1v) is 12.8. The lowest BCUT2D eigenvalue weighted by Crippen LogP contribution is -2.46. The van der Waals surface area contributed by atoms with E-state index in [2.05, 4.69) is 44.8 Å². The van der Waals surface area contributed by atoms with E-state index >= 15 is 0 Å². The molecule has 177 valence electrons. The van der Waals surface area contributed by atoms with E-state index < -0.39 is 0 Å². The quantitative estimate of drug-likeness (QED) is 0.322. The molecule has 6 rings (SSSR count). The number of nitrogens with one attached hydrogen (secondary N) is 2. The van der Waals surface area contributed by atoms with Crippen molar-refractivity contribution in [3.8, 4) is 11.1 Å². The third kappa shape index (κ3) is 4.23. The molecule has 5 aromatic rings. The first kappa shape index (κ1) is 22.4. The highest BCUT2D eigenvalue weighted by Crippen LogP contribution is 2.35. The lowest BCUT2D eigenvalue weighted by Gasteiger charge is -2.35. The van der Waals surface area contributed by atoms with Crippen molar-refractivity contribution >= 4 is 38.8 Å². The number of nitrogens with zero attached hydrogens (tertiary/aromatic N) is 3. The van der Waals surface area contributed by atoms with Crippen molar-refractivity contribution in [1.29, 1.82) is 0 Å². The van der Waals surface area contributed by atoms with Gasteiger partial charge in [0.2, 0.25) is 5.78 Å². The lowest BCUT2D eigenvalue weighted by molar-refractivity contribution is 0.103. The molecule has 1 fully saturated rings. The third-order valence-corrected chi connectivity index (χ3v) is 7.56. The average molecular weight is 491 g/mol. The maximum Gasteiger partial charge on any atom is 0.215 e. The summed E-state index contributed by atoms with van der Waals surface area (Å²) in [7, 11) is 0. The van der Waals surface area contributed by atoms with Gasteiger partial charge in [-0.15, -0.1) is 11.3 Å². The van der Waals surface area contributed by atoms with Gasteiger partial charge in [0.1, 0.15) is 11.5 Å². The zero-order chi connectivity index (χ0) is 24.5. The van der Waals surface area contributed by atoms with E-state index in [4.69, 9.17) is 10.7 Å². The molecule has 36 heavy (non-hydrogen) atoms. The second kappa shape index (κ2) is 9.53. The highest BCUT2D eigenvalue weighted by atomic mass is 32.1. The Morgan fingerprint density at radius 2 is 1.86 bits per heavy atom. The number of fused-ring (bicyclic) bond motifs is 1. The molecule has 7 heteroatoms. The minimum Gasteiger partial charge on any atom is -0.353 e. The number of piperazine rings is 1. The van der Waals surface area contributed by atoms with Crippen LogP contribution in [0.4, 0.5) is 11.6 Å². The number of ketones is 1. The molecular weight excluding hydrogens is 466 g/mol. The van der Waals surface area contributed by atoms with Crippen molar-refractivity contribution in [1.82, 2.24) is 21.0 Å². The molecule has 0 amide bonds. The summed E-state index contributed by atoms with van der Waals surface area (Å²) >= 11 is 1.66. The second-order valence-electron chi connectivity index (χ2n) is 8.84. The Kier molecular flexibility index (Phi) is 5.93. The van der Waals surface area contributed by atoms with Crippen molar-refractivity contribution in [3.63, 3.8) is 0 Å². The maximum atomic E-state index is 13.5. The van der Waals surface area contributed by atoms with E-state index in [-0.39, 0.29) is 23.2 Å². The molecule has 1 aliphatic rings. The third-order valence-electron chi connectivity index (χ3n) is 6.59. The first-order valence-electron chi connectivity index (χ1n) is 11.9. The molecule has 0 saturated carbocycles. The SMILES string of the molecule is [NH]c1ncc(-c2csc3ccccc23)cc1C(=O)c1cccc(N2CCNC(c3ccccc3)C2)n1. The van der Waals surface area contributed by atoms with Crippen molar-refractivity contribution in [3.05, 3.63) is 107 Å². The summed E-state index contributed by atoms with van der Waals surface area (Å²) in [4.78, 5) is 24.7. The predicted molar refractivity (Wildman–Crippen MR) is 145 cm³/mol. The van der Waals surface area contributed by atoms with E-state index in [1.807, 2.05) is 42.5 Å². The van der Waals surface area contributed by atoms with Gasteiger partial charge in [-0.1, -0.05) is 54.6 Å². The molecule has 1 unspecified atom stereocenters. The second-order valence-corrected chi connectivity index (χ2v) is 9.75. The van der Waals surface area contributed by atoms with Gasteiger partial charge in [-0.3, -0.25) is 10.5 Å². The summed E-state index contributed by atoms with van der Waals surface area (Å²) in [6.07, 6.45) is 1.67. The summed E-state index contributed by atoms with van der Waals surface area (Å²) in [6.45, 7) is 2.40. The van der Waals surface area contributed by atoms with Crippen LogP contribution >= 0.6 is 11.3 Å². The maximum absolute atomic E-state index is 13.5. The van der Waals surface area contributed by atoms with Gasteiger partial charge >= 0.3 is 0 Å². The summed E-state index contributed by atoms with van der Waals surface area (Å²) < 4.78 is 1.18. The monoisotopic (exact) mass is 490 g/mol. The molecule has 4 heterocycles. The molecule has 1 atom stereocenters. The van der Waals surface area contributed by atoms with Gasteiger partial charge in [0.05, 0.1) is 5.56 Å². The zero-order valence-electron chi connectivity index (χ0n) is 19.5. The molecule has 1 aliphatic heterocycles. The largest absolute Gasteiger partial charge is 0.353 e. The van der Waals surface area contributed by atoms with Crippen LogP contribution in [0.3, 0.4) is 0 Å². The van der Waals surface area contributed by atoms with E-state index in [9.17, 15) is 4.79 Å². The molecule has 0 spiro atoms. The molecule has 2 N–H and O–H groups in total. The normalized spacial score (nSPS) is 15.8. The fraction of sp³-hybridized carbons (Fsp3) is 0.138. The van der Waals surface area contributed by atoms with Crippen molar-refractivity contribution in [2.45, 2.75) is 6.04 Å². The van der Waals surface area contributed by atoms with Gasteiger partial charge in [-0.2, -0.15) is 0 Å². The Bertz CT molecular complexity index is 1550. The first-order chi connectivity index (χ1) is 17.7. The van der Waals surface area contributed by atoms with Gasteiger partial charge in [0.15, 0.2) is 5.82 Å². The number of hydrogen-bond donors (Lipinski definition) is 1. The Balaban J connectivity index is 1.29. The van der Waals surface area contributed by atoms with Crippen LogP contribution in [0.5, 0.6) is 0 Å². The minimum absolute atomic E-state index is 0.0400. The Morgan fingerprint density at radius 1 is 1.03 bits per heavy atom. The van der Waals surface area contributed by atoms with Crippen LogP contribution in [0.1, 0.15) is 27.7 Å². The minimum atomic E-state index is -0.287. The smallest absolute Gasteiger partial charge is 0.215 e. The number of rotatable bonds is 5. The summed E-state index contributed by atoms with van der Waals surface area (Å²) in [5.74, 6) is 0.440. The molecular formula is C29H24N5OS.